The summed E-state index contributed by atoms with van der Waals surface area (Å²) in [5.74, 6) is 0.667. The summed E-state index contributed by atoms with van der Waals surface area (Å²) in [4.78, 5) is 7.41. The molecule has 0 saturated carbocycles. The second-order valence-electron chi connectivity index (χ2n) is 8.41. The van der Waals surface area contributed by atoms with Crippen molar-refractivity contribution in [1.29, 1.82) is 0 Å². The van der Waals surface area contributed by atoms with Gasteiger partial charge in [0.25, 0.3) is 0 Å². The van der Waals surface area contributed by atoms with Crippen LogP contribution in [0.3, 0.4) is 0 Å². The average Bonchev–Trinajstić information content (AvgIpc) is 2.69. The van der Waals surface area contributed by atoms with E-state index in [1.807, 2.05) is 39.0 Å². The molecule has 0 aliphatic carbocycles. The number of hydrogen-bond acceptors (Lipinski definition) is 4. The first-order chi connectivity index (χ1) is 13.8. The molecule has 1 aliphatic rings. The lowest BCUT2D eigenvalue weighted by Crippen LogP contribution is -2.34. The lowest BCUT2D eigenvalue weighted by atomic mass is 9.98. The highest BCUT2D eigenvalue weighted by Gasteiger charge is 2.28. The number of aromatic nitrogens is 1. The molecule has 0 atom stereocenters. The summed E-state index contributed by atoms with van der Waals surface area (Å²) < 4.78 is 27.4. The van der Waals surface area contributed by atoms with E-state index in [4.69, 9.17) is 0 Å². The van der Waals surface area contributed by atoms with Gasteiger partial charge in [-0.2, -0.15) is 0 Å². The molecule has 1 aromatic heterocycles. The van der Waals surface area contributed by atoms with E-state index < -0.39 is 9.84 Å². The number of sulfone groups is 1. The maximum Gasteiger partial charge on any atom is 0.210 e. The molecule has 0 unspecified atom stereocenters. The number of piperidine rings is 1. The molecule has 1 aliphatic heterocycles. The maximum absolute atomic E-state index is 13.7. The van der Waals surface area contributed by atoms with Gasteiger partial charge >= 0.3 is 0 Å². The Morgan fingerprint density at radius 3 is 2.38 bits per heavy atom. The number of aryl methyl sites for hydroxylation is 3. The number of pyridine rings is 1. The lowest BCUT2D eigenvalue weighted by Gasteiger charge is -2.34. The van der Waals surface area contributed by atoms with Crippen LogP contribution in [-0.2, 0) is 9.84 Å². The molecule has 2 aromatic carbocycles. The van der Waals surface area contributed by atoms with Crippen LogP contribution in [0.4, 0.5) is 5.69 Å². The van der Waals surface area contributed by atoms with E-state index in [9.17, 15) is 8.42 Å². The van der Waals surface area contributed by atoms with E-state index in [1.165, 1.54) is 0 Å². The Kier molecular flexibility index (Phi) is 5.11. The van der Waals surface area contributed by atoms with Gasteiger partial charge in [-0.3, -0.25) is 4.98 Å². The summed E-state index contributed by atoms with van der Waals surface area (Å²) in [6.07, 6.45) is 3.69. The van der Waals surface area contributed by atoms with Crippen LogP contribution >= 0.6 is 0 Å². The molecule has 0 amide bonds. The number of rotatable bonds is 3. The molecule has 0 bridgehead atoms. The SMILES string of the molecule is Cc1ccc2ncc(S(=O)(=O)c3ccc(C)c(C)c3)c(N3CCC(C)CC3)c2c1. The quantitative estimate of drug-likeness (QED) is 0.595. The molecule has 1 fully saturated rings. The monoisotopic (exact) mass is 408 g/mol. The Bertz CT molecular complexity index is 1180. The van der Waals surface area contributed by atoms with E-state index in [0.29, 0.717) is 15.7 Å². The van der Waals surface area contributed by atoms with Crippen LogP contribution < -0.4 is 4.90 Å². The Morgan fingerprint density at radius 2 is 1.69 bits per heavy atom. The van der Waals surface area contributed by atoms with Crippen LogP contribution in [-0.4, -0.2) is 26.5 Å². The zero-order chi connectivity index (χ0) is 20.8. The molecule has 3 aromatic rings. The Morgan fingerprint density at radius 1 is 0.966 bits per heavy atom. The molecule has 0 radical (unpaired) electrons. The van der Waals surface area contributed by atoms with Gasteiger partial charge in [0.1, 0.15) is 4.90 Å². The number of hydrogen-bond donors (Lipinski definition) is 0. The fourth-order valence-corrected chi connectivity index (χ4v) is 5.56. The zero-order valence-corrected chi connectivity index (χ0v) is 18.4. The van der Waals surface area contributed by atoms with Gasteiger partial charge in [-0.25, -0.2) is 8.42 Å². The molecule has 5 heteroatoms. The first kappa shape index (κ1) is 19.9. The van der Waals surface area contributed by atoms with Gasteiger partial charge in [0.2, 0.25) is 9.84 Å². The highest BCUT2D eigenvalue weighted by atomic mass is 32.2. The van der Waals surface area contributed by atoms with Gasteiger partial charge < -0.3 is 4.90 Å². The van der Waals surface area contributed by atoms with Crippen molar-refractivity contribution in [1.82, 2.24) is 4.98 Å². The molecule has 29 heavy (non-hydrogen) atoms. The molecule has 152 valence electrons. The summed E-state index contributed by atoms with van der Waals surface area (Å²) in [7, 11) is -3.68. The summed E-state index contributed by atoms with van der Waals surface area (Å²) in [6, 6.07) is 11.4. The molecule has 1 saturated heterocycles. The van der Waals surface area contributed by atoms with Crippen molar-refractivity contribution in [3.63, 3.8) is 0 Å². The van der Waals surface area contributed by atoms with Gasteiger partial charge in [-0.15, -0.1) is 0 Å². The molecular weight excluding hydrogens is 380 g/mol. The lowest BCUT2D eigenvalue weighted by molar-refractivity contribution is 0.437. The van der Waals surface area contributed by atoms with Gasteiger partial charge in [-0.1, -0.05) is 24.6 Å². The third-order valence-electron chi connectivity index (χ3n) is 6.14. The molecule has 4 nitrogen and oxygen atoms in total. The number of benzene rings is 2. The standard InChI is InChI=1S/C24H28N2O2S/c1-16-9-11-26(12-10-16)24-21-13-17(2)5-8-22(21)25-15-23(24)29(27,28)20-7-6-18(3)19(4)14-20/h5-8,13-16H,9-12H2,1-4H3. The molecule has 4 rings (SSSR count). The third kappa shape index (κ3) is 3.64. The third-order valence-corrected chi connectivity index (χ3v) is 7.89. The topological polar surface area (TPSA) is 50.3 Å². The molecule has 0 N–H and O–H groups in total. The molecular formula is C24H28N2O2S. The van der Waals surface area contributed by atoms with E-state index in [-0.39, 0.29) is 0 Å². The normalized spacial score (nSPS) is 15.8. The van der Waals surface area contributed by atoms with Crippen LogP contribution in [0.5, 0.6) is 0 Å². The van der Waals surface area contributed by atoms with Gasteiger partial charge in [0.05, 0.1) is 16.1 Å². The van der Waals surface area contributed by atoms with Crippen LogP contribution in [0.15, 0.2) is 52.4 Å². The van der Waals surface area contributed by atoms with Crippen molar-refractivity contribution in [3.8, 4) is 0 Å². The average molecular weight is 409 g/mol. The van der Waals surface area contributed by atoms with E-state index in [0.717, 1.165) is 59.2 Å². The Balaban J connectivity index is 1.96. The second kappa shape index (κ2) is 7.45. The van der Waals surface area contributed by atoms with E-state index >= 15 is 0 Å². The fourth-order valence-electron chi connectivity index (χ4n) is 4.04. The largest absolute Gasteiger partial charge is 0.370 e. The van der Waals surface area contributed by atoms with Crippen LogP contribution in [0.2, 0.25) is 0 Å². The van der Waals surface area contributed by atoms with Crippen LogP contribution in [0.1, 0.15) is 36.5 Å². The highest BCUT2D eigenvalue weighted by Crippen LogP contribution is 2.38. The minimum Gasteiger partial charge on any atom is -0.370 e. The second-order valence-corrected chi connectivity index (χ2v) is 10.3. The zero-order valence-electron chi connectivity index (χ0n) is 17.6. The van der Waals surface area contributed by atoms with E-state index in [1.54, 1.807) is 18.3 Å². The van der Waals surface area contributed by atoms with Crippen molar-refractivity contribution in [2.45, 2.75) is 50.3 Å². The Labute approximate surface area is 173 Å². The minimum absolute atomic E-state index is 0.313. The molecule has 2 heterocycles. The summed E-state index contributed by atoms with van der Waals surface area (Å²) in [5.41, 5.74) is 4.81. The summed E-state index contributed by atoms with van der Waals surface area (Å²) in [6.45, 7) is 9.97. The maximum atomic E-state index is 13.7. The predicted octanol–water partition coefficient (Wildman–Crippen LogP) is 5.23. The first-order valence-corrected chi connectivity index (χ1v) is 11.7. The highest BCUT2D eigenvalue weighted by molar-refractivity contribution is 7.91. The Hall–Kier alpha value is -2.40. The fraction of sp³-hybridized carbons (Fsp3) is 0.375. The van der Waals surface area contributed by atoms with Crippen LogP contribution in [0.25, 0.3) is 10.9 Å². The predicted molar refractivity (Wildman–Crippen MR) is 118 cm³/mol. The number of nitrogens with zero attached hydrogens (tertiary/aromatic N) is 2. The van der Waals surface area contributed by atoms with Crippen molar-refractivity contribution < 1.29 is 8.42 Å². The first-order valence-electron chi connectivity index (χ1n) is 10.2. The smallest absolute Gasteiger partial charge is 0.210 e. The molecule has 0 spiro atoms. The van der Waals surface area contributed by atoms with Crippen molar-refractivity contribution in [3.05, 3.63) is 59.3 Å². The minimum atomic E-state index is -3.68. The summed E-state index contributed by atoms with van der Waals surface area (Å²) in [5, 5.41) is 0.921. The summed E-state index contributed by atoms with van der Waals surface area (Å²) >= 11 is 0. The van der Waals surface area contributed by atoms with Gasteiger partial charge in [0, 0.05) is 24.7 Å². The van der Waals surface area contributed by atoms with Crippen LogP contribution in [0, 0.1) is 26.7 Å². The van der Waals surface area contributed by atoms with Crippen molar-refractivity contribution >= 4 is 26.4 Å². The van der Waals surface area contributed by atoms with Crippen molar-refractivity contribution in [2.24, 2.45) is 5.92 Å². The van der Waals surface area contributed by atoms with Gasteiger partial charge in [0.15, 0.2) is 0 Å². The van der Waals surface area contributed by atoms with E-state index in [2.05, 4.69) is 22.9 Å². The van der Waals surface area contributed by atoms with Gasteiger partial charge in [-0.05, 0) is 74.9 Å². The number of anilines is 1. The number of fused-ring (bicyclic) bond motifs is 1. The van der Waals surface area contributed by atoms with Crippen molar-refractivity contribution in [2.75, 3.05) is 18.0 Å².